The number of nitrogens with zero attached hydrogens (tertiary/aromatic N) is 5. The molecule has 1 amide bonds. The molecule has 0 spiro atoms. The summed E-state index contributed by atoms with van der Waals surface area (Å²) in [6.07, 6.45) is 4.15. The lowest BCUT2D eigenvalue weighted by Gasteiger charge is -2.36. The van der Waals surface area contributed by atoms with Crippen molar-refractivity contribution in [3.63, 3.8) is 0 Å². The minimum absolute atomic E-state index is 0.0763. The second kappa shape index (κ2) is 6.50. The quantitative estimate of drug-likeness (QED) is 0.844. The molecule has 2 fully saturated rings. The van der Waals surface area contributed by atoms with Crippen molar-refractivity contribution in [2.24, 2.45) is 5.92 Å². The normalized spacial score (nSPS) is 19.1. The van der Waals surface area contributed by atoms with Crippen molar-refractivity contribution in [1.82, 2.24) is 14.9 Å². The van der Waals surface area contributed by atoms with Gasteiger partial charge in [0.15, 0.2) is 0 Å². The minimum Gasteiger partial charge on any atom is -0.356 e. The van der Waals surface area contributed by atoms with E-state index in [1.807, 2.05) is 18.7 Å². The van der Waals surface area contributed by atoms with E-state index in [1.165, 1.54) is 12.8 Å². The van der Waals surface area contributed by atoms with Gasteiger partial charge in [-0.2, -0.15) is 0 Å². The average molecular weight is 303 g/mol. The Morgan fingerprint density at radius 1 is 0.955 bits per heavy atom. The second-order valence-electron chi connectivity index (χ2n) is 6.40. The zero-order valence-corrected chi connectivity index (χ0v) is 13.5. The summed E-state index contributed by atoms with van der Waals surface area (Å²) in [5.41, 5.74) is 0. The number of aromatic nitrogens is 2. The highest BCUT2D eigenvalue weighted by molar-refractivity contribution is 5.78. The monoisotopic (exact) mass is 303 g/mol. The molecule has 0 unspecified atom stereocenters. The molecule has 0 atom stereocenters. The van der Waals surface area contributed by atoms with Crippen molar-refractivity contribution in [3.8, 4) is 0 Å². The molecular formula is C16H25N5O. The van der Waals surface area contributed by atoms with E-state index in [4.69, 9.17) is 0 Å². The number of rotatable bonds is 3. The summed E-state index contributed by atoms with van der Waals surface area (Å²) in [5.74, 6) is 2.34. The van der Waals surface area contributed by atoms with Crippen LogP contribution in [-0.2, 0) is 4.79 Å². The van der Waals surface area contributed by atoms with Crippen LogP contribution in [0.15, 0.2) is 12.4 Å². The predicted octanol–water partition coefficient (Wildman–Crippen LogP) is 1.38. The van der Waals surface area contributed by atoms with Crippen LogP contribution in [0.1, 0.15) is 26.7 Å². The smallest absolute Gasteiger partial charge is 0.225 e. The van der Waals surface area contributed by atoms with Gasteiger partial charge in [-0.15, -0.1) is 0 Å². The van der Waals surface area contributed by atoms with Crippen LogP contribution in [0.4, 0.5) is 11.6 Å². The number of anilines is 2. The van der Waals surface area contributed by atoms with Gasteiger partial charge >= 0.3 is 0 Å². The Bertz CT molecular complexity index is 519. The molecule has 3 rings (SSSR count). The zero-order valence-electron chi connectivity index (χ0n) is 13.5. The highest BCUT2D eigenvalue weighted by Gasteiger charge is 2.24. The number of carbonyl (C=O) groups is 1. The minimum atomic E-state index is 0.0763. The van der Waals surface area contributed by atoms with Gasteiger partial charge in [0, 0.05) is 51.3 Å². The maximum atomic E-state index is 12.0. The van der Waals surface area contributed by atoms with E-state index in [0.29, 0.717) is 0 Å². The molecule has 1 aromatic heterocycles. The lowest BCUT2D eigenvalue weighted by atomic mass is 10.1. The first-order chi connectivity index (χ1) is 10.6. The Morgan fingerprint density at radius 2 is 1.50 bits per heavy atom. The molecule has 1 aromatic rings. The molecule has 0 N–H and O–H groups in total. The lowest BCUT2D eigenvalue weighted by molar-refractivity contribution is -0.134. The van der Waals surface area contributed by atoms with Crippen molar-refractivity contribution < 1.29 is 4.79 Å². The molecule has 0 aliphatic carbocycles. The number of piperazine rings is 1. The third-order valence-corrected chi connectivity index (χ3v) is 4.48. The Labute approximate surface area is 132 Å². The Hall–Kier alpha value is -1.85. The van der Waals surface area contributed by atoms with Gasteiger partial charge in [-0.05, 0) is 12.8 Å². The molecule has 2 saturated heterocycles. The van der Waals surface area contributed by atoms with Gasteiger partial charge in [-0.3, -0.25) is 4.79 Å². The highest BCUT2D eigenvalue weighted by atomic mass is 16.2. The summed E-state index contributed by atoms with van der Waals surface area (Å²) in [6, 6.07) is 2.09. The van der Waals surface area contributed by atoms with Gasteiger partial charge in [0.05, 0.1) is 0 Å². The first kappa shape index (κ1) is 15.1. The van der Waals surface area contributed by atoms with E-state index in [9.17, 15) is 4.79 Å². The second-order valence-corrected chi connectivity index (χ2v) is 6.40. The molecule has 6 nitrogen and oxygen atoms in total. The van der Waals surface area contributed by atoms with Gasteiger partial charge in [0.2, 0.25) is 5.91 Å². The van der Waals surface area contributed by atoms with Gasteiger partial charge in [0.25, 0.3) is 0 Å². The lowest BCUT2D eigenvalue weighted by Crippen LogP contribution is -2.50. The van der Waals surface area contributed by atoms with E-state index in [0.717, 1.165) is 50.9 Å². The number of hydrogen-bond acceptors (Lipinski definition) is 5. The summed E-state index contributed by atoms with van der Waals surface area (Å²) in [4.78, 5) is 27.4. The number of amides is 1. The van der Waals surface area contributed by atoms with Crippen LogP contribution in [0.3, 0.4) is 0 Å². The van der Waals surface area contributed by atoms with Crippen LogP contribution < -0.4 is 9.80 Å². The SMILES string of the molecule is CC(C)C(=O)N1CCN(c2cc(N3CCCC3)ncn2)CC1. The topological polar surface area (TPSA) is 52.6 Å². The third kappa shape index (κ3) is 3.15. The van der Waals surface area contributed by atoms with Gasteiger partial charge in [-0.1, -0.05) is 13.8 Å². The van der Waals surface area contributed by atoms with Gasteiger partial charge in [0.1, 0.15) is 18.0 Å². The van der Waals surface area contributed by atoms with Crippen LogP contribution in [0.2, 0.25) is 0 Å². The average Bonchev–Trinajstić information content (AvgIpc) is 3.09. The Morgan fingerprint density at radius 3 is 2.05 bits per heavy atom. The largest absolute Gasteiger partial charge is 0.356 e. The molecule has 22 heavy (non-hydrogen) atoms. The van der Waals surface area contributed by atoms with Crippen molar-refractivity contribution in [2.75, 3.05) is 49.1 Å². The van der Waals surface area contributed by atoms with Gasteiger partial charge in [-0.25, -0.2) is 9.97 Å². The van der Waals surface area contributed by atoms with E-state index < -0.39 is 0 Å². The third-order valence-electron chi connectivity index (χ3n) is 4.48. The summed E-state index contributed by atoms with van der Waals surface area (Å²) in [7, 11) is 0. The molecule has 2 aliphatic rings. The first-order valence-corrected chi connectivity index (χ1v) is 8.26. The zero-order chi connectivity index (χ0) is 15.5. The summed E-state index contributed by atoms with van der Waals surface area (Å²) < 4.78 is 0. The van der Waals surface area contributed by atoms with Crippen molar-refractivity contribution in [1.29, 1.82) is 0 Å². The van der Waals surface area contributed by atoms with Crippen molar-refractivity contribution in [2.45, 2.75) is 26.7 Å². The molecular weight excluding hydrogens is 278 g/mol. The van der Waals surface area contributed by atoms with Crippen LogP contribution in [0, 0.1) is 5.92 Å². The molecule has 3 heterocycles. The van der Waals surface area contributed by atoms with Crippen LogP contribution in [-0.4, -0.2) is 60.0 Å². The predicted molar refractivity (Wildman–Crippen MR) is 87.1 cm³/mol. The maximum Gasteiger partial charge on any atom is 0.225 e. The molecule has 6 heteroatoms. The summed E-state index contributed by atoms with van der Waals surface area (Å²) in [6.45, 7) is 9.34. The van der Waals surface area contributed by atoms with E-state index in [1.54, 1.807) is 6.33 Å². The van der Waals surface area contributed by atoms with Crippen LogP contribution in [0.25, 0.3) is 0 Å². The summed E-state index contributed by atoms with van der Waals surface area (Å²) >= 11 is 0. The fourth-order valence-corrected chi connectivity index (χ4v) is 3.15. The molecule has 120 valence electrons. The fraction of sp³-hybridized carbons (Fsp3) is 0.688. The standard InChI is InChI=1S/C16H25N5O/c1-13(2)16(22)21-9-7-20(8-10-21)15-11-14(17-12-18-15)19-5-3-4-6-19/h11-13H,3-10H2,1-2H3. The van der Waals surface area contributed by atoms with Crippen molar-refractivity contribution in [3.05, 3.63) is 12.4 Å². The molecule has 0 saturated carbocycles. The first-order valence-electron chi connectivity index (χ1n) is 8.26. The molecule has 2 aliphatic heterocycles. The van der Waals surface area contributed by atoms with E-state index in [2.05, 4.69) is 25.8 Å². The number of carbonyl (C=O) groups excluding carboxylic acids is 1. The maximum absolute atomic E-state index is 12.0. The summed E-state index contributed by atoms with van der Waals surface area (Å²) in [5, 5.41) is 0. The Balaban J connectivity index is 1.63. The van der Waals surface area contributed by atoms with Crippen LogP contribution in [0.5, 0.6) is 0 Å². The molecule has 0 bridgehead atoms. The Kier molecular flexibility index (Phi) is 4.45. The molecule has 0 aromatic carbocycles. The number of hydrogen-bond donors (Lipinski definition) is 0. The molecule has 0 radical (unpaired) electrons. The fourth-order valence-electron chi connectivity index (χ4n) is 3.15. The van der Waals surface area contributed by atoms with Crippen molar-refractivity contribution >= 4 is 17.5 Å². The van der Waals surface area contributed by atoms with E-state index >= 15 is 0 Å². The van der Waals surface area contributed by atoms with Crippen LogP contribution >= 0.6 is 0 Å². The van der Waals surface area contributed by atoms with Gasteiger partial charge < -0.3 is 14.7 Å². The highest BCUT2D eigenvalue weighted by Crippen LogP contribution is 2.22. The van der Waals surface area contributed by atoms with E-state index in [-0.39, 0.29) is 11.8 Å².